The first-order valence-electron chi connectivity index (χ1n) is 6.63. The summed E-state index contributed by atoms with van der Waals surface area (Å²) in [6, 6.07) is 11.9. The van der Waals surface area contributed by atoms with E-state index >= 15 is 0 Å². The van der Waals surface area contributed by atoms with Gasteiger partial charge in [0.15, 0.2) is 5.75 Å². The molecule has 0 fully saturated rings. The summed E-state index contributed by atoms with van der Waals surface area (Å²) in [5, 5.41) is 11.7. The van der Waals surface area contributed by atoms with Crippen LogP contribution in [0.15, 0.2) is 48.7 Å². The molecule has 0 spiro atoms. The fraction of sp³-hybridized carbons (Fsp3) is 0.0625. The first kappa shape index (κ1) is 15.5. The topological polar surface area (TPSA) is 74.5 Å². The second-order valence-electron chi connectivity index (χ2n) is 4.64. The molecule has 0 N–H and O–H groups in total. The maximum absolute atomic E-state index is 11.2. The van der Waals surface area contributed by atoms with Crippen LogP contribution in [0, 0.1) is 13.7 Å². The van der Waals surface area contributed by atoms with Crippen molar-refractivity contribution < 1.29 is 14.4 Å². The van der Waals surface area contributed by atoms with Gasteiger partial charge in [-0.1, -0.05) is 0 Å². The molecule has 116 valence electrons. The standard InChI is InChI=1S/C16H11IN2O4/c1-22-10-4-6-11(7-5-10)23-16-13(17)9-14(19(20)21)12-3-2-8-18-15(12)16/h2-9H,1H3. The number of nitro groups is 1. The Morgan fingerprint density at radius 1 is 1.17 bits per heavy atom. The molecule has 0 saturated carbocycles. The van der Waals surface area contributed by atoms with Gasteiger partial charge in [-0.15, -0.1) is 0 Å². The number of hydrogen-bond acceptors (Lipinski definition) is 5. The van der Waals surface area contributed by atoms with Gasteiger partial charge in [-0.25, -0.2) is 0 Å². The summed E-state index contributed by atoms with van der Waals surface area (Å²) in [7, 11) is 1.59. The molecule has 0 saturated heterocycles. The molecule has 1 aromatic heterocycles. The fourth-order valence-corrected chi connectivity index (χ4v) is 2.84. The van der Waals surface area contributed by atoms with Crippen LogP contribution in [0.2, 0.25) is 0 Å². The number of methoxy groups -OCH3 is 1. The summed E-state index contributed by atoms with van der Waals surface area (Å²) in [5.74, 6) is 1.82. The third-order valence-corrected chi connectivity index (χ3v) is 4.06. The van der Waals surface area contributed by atoms with E-state index in [-0.39, 0.29) is 5.69 Å². The maximum Gasteiger partial charge on any atom is 0.280 e. The van der Waals surface area contributed by atoms with E-state index < -0.39 is 4.92 Å². The van der Waals surface area contributed by atoms with Gasteiger partial charge in [0.25, 0.3) is 5.69 Å². The normalized spacial score (nSPS) is 10.5. The maximum atomic E-state index is 11.2. The molecule has 0 bridgehead atoms. The van der Waals surface area contributed by atoms with Crippen molar-refractivity contribution in [3.8, 4) is 17.2 Å². The van der Waals surface area contributed by atoms with Crippen molar-refractivity contribution in [2.45, 2.75) is 0 Å². The van der Waals surface area contributed by atoms with Crippen molar-refractivity contribution in [2.24, 2.45) is 0 Å². The minimum Gasteiger partial charge on any atom is -0.497 e. The minimum absolute atomic E-state index is 0.0135. The Labute approximate surface area is 145 Å². The summed E-state index contributed by atoms with van der Waals surface area (Å²) < 4.78 is 11.6. The third-order valence-electron chi connectivity index (χ3n) is 3.26. The van der Waals surface area contributed by atoms with E-state index in [0.717, 1.165) is 5.75 Å². The molecule has 0 aliphatic heterocycles. The van der Waals surface area contributed by atoms with Crippen molar-refractivity contribution in [2.75, 3.05) is 7.11 Å². The van der Waals surface area contributed by atoms with E-state index in [1.807, 2.05) is 22.6 Å². The number of ether oxygens (including phenoxy) is 2. The highest BCUT2D eigenvalue weighted by Gasteiger charge is 2.20. The number of rotatable bonds is 4. The van der Waals surface area contributed by atoms with E-state index in [1.54, 1.807) is 49.7 Å². The number of halogens is 1. The molecule has 0 atom stereocenters. The third kappa shape index (κ3) is 3.04. The molecule has 0 amide bonds. The summed E-state index contributed by atoms with van der Waals surface area (Å²) in [5.41, 5.74) is 0.474. The van der Waals surface area contributed by atoms with Crippen LogP contribution in [0.3, 0.4) is 0 Å². The highest BCUT2D eigenvalue weighted by atomic mass is 127. The van der Waals surface area contributed by atoms with Gasteiger partial charge in [0, 0.05) is 12.3 Å². The first-order valence-corrected chi connectivity index (χ1v) is 7.71. The van der Waals surface area contributed by atoms with E-state index in [2.05, 4.69) is 4.98 Å². The zero-order valence-electron chi connectivity index (χ0n) is 12.0. The lowest BCUT2D eigenvalue weighted by molar-refractivity contribution is -0.383. The summed E-state index contributed by atoms with van der Waals surface area (Å²) >= 11 is 2.01. The molecule has 3 rings (SSSR count). The van der Waals surface area contributed by atoms with Crippen LogP contribution in [0.4, 0.5) is 5.69 Å². The van der Waals surface area contributed by atoms with Crippen molar-refractivity contribution in [1.82, 2.24) is 4.98 Å². The zero-order chi connectivity index (χ0) is 16.4. The monoisotopic (exact) mass is 422 g/mol. The van der Waals surface area contributed by atoms with Crippen LogP contribution in [0.1, 0.15) is 0 Å². The molecular weight excluding hydrogens is 411 g/mol. The van der Waals surface area contributed by atoms with Crippen molar-refractivity contribution in [3.63, 3.8) is 0 Å². The number of benzene rings is 2. The molecule has 23 heavy (non-hydrogen) atoms. The Kier molecular flexibility index (Phi) is 4.28. The highest BCUT2D eigenvalue weighted by molar-refractivity contribution is 14.1. The van der Waals surface area contributed by atoms with Crippen molar-refractivity contribution >= 4 is 39.2 Å². The predicted octanol–water partition coefficient (Wildman–Crippen LogP) is 4.55. The SMILES string of the molecule is COc1ccc(Oc2c(I)cc([N+](=O)[O-])c3cccnc23)cc1. The fourth-order valence-electron chi connectivity index (χ4n) is 2.18. The second-order valence-corrected chi connectivity index (χ2v) is 5.80. The molecular formula is C16H11IN2O4. The first-order chi connectivity index (χ1) is 11.1. The Morgan fingerprint density at radius 2 is 1.87 bits per heavy atom. The van der Waals surface area contributed by atoms with Gasteiger partial charge < -0.3 is 9.47 Å². The van der Waals surface area contributed by atoms with Crippen LogP contribution in [0.25, 0.3) is 10.9 Å². The van der Waals surface area contributed by atoms with Gasteiger partial charge in [0.2, 0.25) is 0 Å². The molecule has 1 heterocycles. The number of nitro benzene ring substituents is 1. The number of non-ortho nitro benzene ring substituents is 1. The lowest BCUT2D eigenvalue weighted by atomic mass is 10.1. The summed E-state index contributed by atoms with van der Waals surface area (Å²) in [4.78, 5) is 15.1. The van der Waals surface area contributed by atoms with E-state index in [4.69, 9.17) is 9.47 Å². The molecule has 6 nitrogen and oxygen atoms in total. The van der Waals surface area contributed by atoms with Gasteiger partial charge in [0.05, 0.1) is 21.0 Å². The van der Waals surface area contributed by atoms with Crippen LogP contribution in [0.5, 0.6) is 17.2 Å². The zero-order valence-corrected chi connectivity index (χ0v) is 14.2. The van der Waals surface area contributed by atoms with Gasteiger partial charge >= 0.3 is 0 Å². The number of nitrogens with zero attached hydrogens (tertiary/aromatic N) is 2. The number of fused-ring (bicyclic) bond motifs is 1. The molecule has 7 heteroatoms. The number of hydrogen-bond donors (Lipinski definition) is 0. The molecule has 0 unspecified atom stereocenters. The Hall–Kier alpha value is -2.42. The van der Waals surface area contributed by atoms with E-state index in [0.29, 0.717) is 26.0 Å². The Balaban J connectivity index is 2.11. The largest absolute Gasteiger partial charge is 0.497 e. The summed E-state index contributed by atoms with van der Waals surface area (Å²) in [6.45, 7) is 0. The van der Waals surface area contributed by atoms with Crippen LogP contribution in [-0.2, 0) is 0 Å². The average Bonchev–Trinajstić information content (AvgIpc) is 2.57. The lowest BCUT2D eigenvalue weighted by Crippen LogP contribution is -1.96. The smallest absolute Gasteiger partial charge is 0.280 e. The number of aromatic nitrogens is 1. The van der Waals surface area contributed by atoms with E-state index in [9.17, 15) is 10.1 Å². The van der Waals surface area contributed by atoms with Crippen LogP contribution in [-0.4, -0.2) is 17.0 Å². The number of pyridine rings is 1. The lowest BCUT2D eigenvalue weighted by Gasteiger charge is -2.11. The molecule has 2 aromatic carbocycles. The molecule has 3 aromatic rings. The van der Waals surface area contributed by atoms with E-state index in [1.165, 1.54) is 6.07 Å². The summed E-state index contributed by atoms with van der Waals surface area (Å²) in [6.07, 6.45) is 1.59. The quantitative estimate of drug-likeness (QED) is 0.351. The van der Waals surface area contributed by atoms with Crippen LogP contribution < -0.4 is 9.47 Å². The van der Waals surface area contributed by atoms with Gasteiger partial charge in [0.1, 0.15) is 17.0 Å². The second kappa shape index (κ2) is 6.37. The molecule has 0 radical (unpaired) electrons. The minimum atomic E-state index is -0.413. The van der Waals surface area contributed by atoms with Crippen molar-refractivity contribution in [1.29, 1.82) is 0 Å². The molecule has 0 aliphatic carbocycles. The van der Waals surface area contributed by atoms with Gasteiger partial charge in [-0.2, -0.15) is 0 Å². The van der Waals surface area contributed by atoms with Crippen molar-refractivity contribution in [3.05, 3.63) is 62.3 Å². The predicted molar refractivity (Wildman–Crippen MR) is 94.2 cm³/mol. The Bertz CT molecular complexity index is 881. The van der Waals surface area contributed by atoms with Gasteiger partial charge in [-0.05, 0) is 59.0 Å². The van der Waals surface area contributed by atoms with Crippen LogP contribution >= 0.6 is 22.6 Å². The van der Waals surface area contributed by atoms with Gasteiger partial charge in [-0.3, -0.25) is 15.1 Å². The Morgan fingerprint density at radius 3 is 2.52 bits per heavy atom. The highest BCUT2D eigenvalue weighted by Crippen LogP contribution is 2.38. The average molecular weight is 422 g/mol. The molecule has 0 aliphatic rings.